The molecule has 0 aromatic heterocycles. The number of anilines is 1. The summed E-state index contributed by atoms with van der Waals surface area (Å²) in [5, 5.41) is 2.63. The Morgan fingerprint density at radius 1 is 1.42 bits per heavy atom. The first kappa shape index (κ1) is 15.3. The van der Waals surface area contributed by atoms with Crippen LogP contribution in [0, 0.1) is 11.6 Å². The Hall–Kier alpha value is -1.73. The molecule has 1 unspecified atom stereocenters. The number of carbonyl (C=O) groups is 1. The number of amides is 1. The van der Waals surface area contributed by atoms with Crippen LogP contribution >= 0.6 is 0 Å². The molecule has 0 spiro atoms. The van der Waals surface area contributed by atoms with Gasteiger partial charge in [0.25, 0.3) is 5.91 Å². The van der Waals surface area contributed by atoms with Gasteiger partial charge in [0.05, 0.1) is 12.6 Å². The van der Waals surface area contributed by atoms with Crippen LogP contribution in [0.4, 0.5) is 14.5 Å². The molecule has 0 radical (unpaired) electrons. The van der Waals surface area contributed by atoms with E-state index in [9.17, 15) is 13.6 Å². The standard InChI is InChI=1S/C12H17F2N3O2/c1-3-8(6-19-2)16-12(18)7-4-9(13)11(17-15)10(14)5-7/h4-5,8,17H,3,6,15H2,1-2H3,(H,16,18). The maximum Gasteiger partial charge on any atom is 0.251 e. The molecule has 1 aromatic rings. The van der Waals surface area contributed by atoms with Crippen molar-refractivity contribution in [2.24, 2.45) is 5.84 Å². The Labute approximate surface area is 110 Å². The molecule has 1 aromatic carbocycles. The van der Waals surface area contributed by atoms with Gasteiger partial charge in [-0.1, -0.05) is 6.92 Å². The molecule has 0 aliphatic rings. The topological polar surface area (TPSA) is 76.4 Å². The Bertz CT molecular complexity index is 432. The highest BCUT2D eigenvalue weighted by Gasteiger charge is 2.16. The lowest BCUT2D eigenvalue weighted by Gasteiger charge is -2.16. The molecule has 0 fully saturated rings. The molecule has 5 nitrogen and oxygen atoms in total. The van der Waals surface area contributed by atoms with Crippen molar-refractivity contribution in [3.8, 4) is 0 Å². The Kier molecular flexibility index (Phi) is 5.65. The van der Waals surface area contributed by atoms with Crippen molar-refractivity contribution in [3.05, 3.63) is 29.3 Å². The molecular weight excluding hydrogens is 256 g/mol. The number of nitrogens with two attached hydrogens (primary N) is 1. The second kappa shape index (κ2) is 7.01. The first-order chi connectivity index (χ1) is 9.03. The zero-order valence-electron chi connectivity index (χ0n) is 10.8. The van der Waals surface area contributed by atoms with E-state index in [-0.39, 0.29) is 11.6 Å². The predicted molar refractivity (Wildman–Crippen MR) is 67.6 cm³/mol. The van der Waals surface area contributed by atoms with Gasteiger partial charge >= 0.3 is 0 Å². The number of hydrogen-bond acceptors (Lipinski definition) is 4. The van der Waals surface area contributed by atoms with Crippen molar-refractivity contribution >= 4 is 11.6 Å². The number of hydrogen-bond donors (Lipinski definition) is 3. The van der Waals surface area contributed by atoms with E-state index in [0.29, 0.717) is 13.0 Å². The van der Waals surface area contributed by atoms with Crippen LogP contribution in [0.3, 0.4) is 0 Å². The molecule has 0 bridgehead atoms. The molecular formula is C12H17F2N3O2. The number of nitrogens with one attached hydrogen (secondary N) is 2. The van der Waals surface area contributed by atoms with Crippen molar-refractivity contribution < 1.29 is 18.3 Å². The fraction of sp³-hybridized carbons (Fsp3) is 0.417. The fourth-order valence-corrected chi connectivity index (χ4v) is 1.57. The summed E-state index contributed by atoms with van der Waals surface area (Å²) in [6.07, 6.45) is 0.646. The van der Waals surface area contributed by atoms with Gasteiger partial charge in [-0.2, -0.15) is 0 Å². The number of hydrazine groups is 1. The minimum Gasteiger partial charge on any atom is -0.383 e. The molecule has 4 N–H and O–H groups in total. The molecule has 106 valence electrons. The van der Waals surface area contributed by atoms with Crippen LogP contribution in [0.2, 0.25) is 0 Å². The van der Waals surface area contributed by atoms with E-state index in [0.717, 1.165) is 12.1 Å². The maximum atomic E-state index is 13.5. The van der Waals surface area contributed by atoms with Crippen molar-refractivity contribution in [1.82, 2.24) is 5.32 Å². The van der Waals surface area contributed by atoms with E-state index in [1.165, 1.54) is 7.11 Å². The summed E-state index contributed by atoms with van der Waals surface area (Å²) in [4.78, 5) is 11.8. The van der Waals surface area contributed by atoms with Crippen molar-refractivity contribution in [3.63, 3.8) is 0 Å². The monoisotopic (exact) mass is 273 g/mol. The fourth-order valence-electron chi connectivity index (χ4n) is 1.57. The average Bonchev–Trinajstić information content (AvgIpc) is 2.37. The number of carbonyl (C=O) groups excluding carboxylic acids is 1. The van der Waals surface area contributed by atoms with E-state index >= 15 is 0 Å². The summed E-state index contributed by atoms with van der Waals surface area (Å²) < 4.78 is 31.8. The summed E-state index contributed by atoms with van der Waals surface area (Å²) >= 11 is 0. The van der Waals surface area contributed by atoms with Crippen molar-refractivity contribution in [1.29, 1.82) is 0 Å². The van der Waals surface area contributed by atoms with Gasteiger partial charge in [0, 0.05) is 12.7 Å². The molecule has 1 atom stereocenters. The van der Waals surface area contributed by atoms with Crippen molar-refractivity contribution in [2.75, 3.05) is 19.1 Å². The van der Waals surface area contributed by atoms with Crippen LogP contribution in [0.25, 0.3) is 0 Å². The van der Waals surface area contributed by atoms with Gasteiger partial charge in [0.1, 0.15) is 5.69 Å². The van der Waals surface area contributed by atoms with Crippen molar-refractivity contribution in [2.45, 2.75) is 19.4 Å². The number of methoxy groups -OCH3 is 1. The lowest BCUT2D eigenvalue weighted by molar-refractivity contribution is 0.0894. The molecule has 1 amide bonds. The number of nitrogen functional groups attached to an aromatic ring is 1. The third-order valence-electron chi connectivity index (χ3n) is 2.64. The van der Waals surface area contributed by atoms with E-state index in [1.807, 2.05) is 12.3 Å². The second-order valence-electron chi connectivity index (χ2n) is 3.99. The summed E-state index contributed by atoms with van der Waals surface area (Å²) in [6, 6.07) is 1.64. The Morgan fingerprint density at radius 2 is 2.00 bits per heavy atom. The number of ether oxygens (including phenoxy) is 1. The Balaban J connectivity index is 2.88. The van der Waals surface area contributed by atoms with Crippen LogP contribution in [-0.2, 0) is 4.74 Å². The first-order valence-corrected chi connectivity index (χ1v) is 5.78. The largest absolute Gasteiger partial charge is 0.383 e. The molecule has 0 heterocycles. The SMILES string of the molecule is CCC(COC)NC(=O)c1cc(F)c(NN)c(F)c1. The third kappa shape index (κ3) is 3.87. The molecule has 1 rings (SSSR count). The van der Waals surface area contributed by atoms with Gasteiger partial charge in [-0.3, -0.25) is 10.6 Å². The van der Waals surface area contributed by atoms with Gasteiger partial charge in [-0.25, -0.2) is 8.78 Å². The summed E-state index contributed by atoms with van der Waals surface area (Å²) in [5.41, 5.74) is 1.32. The number of rotatable bonds is 6. The number of benzene rings is 1. The van der Waals surface area contributed by atoms with Crippen LogP contribution in [0.1, 0.15) is 23.7 Å². The lowest BCUT2D eigenvalue weighted by Crippen LogP contribution is -2.37. The van der Waals surface area contributed by atoms with Gasteiger partial charge in [0.2, 0.25) is 0 Å². The molecule has 0 aliphatic carbocycles. The van der Waals surface area contributed by atoms with Crippen LogP contribution in [0.15, 0.2) is 12.1 Å². The highest BCUT2D eigenvalue weighted by Crippen LogP contribution is 2.19. The zero-order valence-corrected chi connectivity index (χ0v) is 10.8. The molecule has 19 heavy (non-hydrogen) atoms. The predicted octanol–water partition coefficient (Wildman–Crippen LogP) is 1.41. The molecule has 0 aliphatic heterocycles. The zero-order chi connectivity index (χ0) is 14.4. The van der Waals surface area contributed by atoms with E-state index in [4.69, 9.17) is 10.6 Å². The average molecular weight is 273 g/mol. The minimum absolute atomic E-state index is 0.108. The summed E-state index contributed by atoms with van der Waals surface area (Å²) in [6.45, 7) is 2.20. The van der Waals surface area contributed by atoms with Crippen LogP contribution < -0.4 is 16.6 Å². The highest BCUT2D eigenvalue weighted by molar-refractivity contribution is 5.94. The highest BCUT2D eigenvalue weighted by atomic mass is 19.1. The van der Waals surface area contributed by atoms with Gasteiger partial charge in [0.15, 0.2) is 11.6 Å². The van der Waals surface area contributed by atoms with Gasteiger partial charge in [-0.05, 0) is 18.6 Å². The molecule has 7 heteroatoms. The first-order valence-electron chi connectivity index (χ1n) is 5.78. The van der Waals surface area contributed by atoms with Gasteiger partial charge < -0.3 is 15.5 Å². The van der Waals surface area contributed by atoms with Gasteiger partial charge in [-0.15, -0.1) is 0 Å². The summed E-state index contributed by atoms with van der Waals surface area (Å²) in [5.74, 6) is 2.56. The number of halogens is 2. The quantitative estimate of drug-likeness (QED) is 0.541. The van der Waals surface area contributed by atoms with E-state index in [1.54, 1.807) is 0 Å². The van der Waals surface area contributed by atoms with Crippen LogP contribution in [0.5, 0.6) is 0 Å². The van der Waals surface area contributed by atoms with E-state index < -0.39 is 23.2 Å². The second-order valence-corrected chi connectivity index (χ2v) is 3.99. The van der Waals surface area contributed by atoms with Crippen LogP contribution in [-0.4, -0.2) is 25.7 Å². The minimum atomic E-state index is -0.924. The normalized spacial score (nSPS) is 12.1. The maximum absolute atomic E-state index is 13.5. The molecule has 0 saturated carbocycles. The summed E-state index contributed by atoms with van der Waals surface area (Å²) in [7, 11) is 1.51. The lowest BCUT2D eigenvalue weighted by atomic mass is 10.1. The smallest absolute Gasteiger partial charge is 0.251 e. The van der Waals surface area contributed by atoms with E-state index in [2.05, 4.69) is 5.32 Å². The third-order valence-corrected chi connectivity index (χ3v) is 2.64. The molecule has 0 saturated heterocycles. The Morgan fingerprint density at radius 3 is 2.42 bits per heavy atom.